The van der Waals surface area contributed by atoms with Crippen molar-refractivity contribution in [3.8, 4) is 0 Å². The van der Waals surface area contributed by atoms with E-state index in [0.717, 1.165) is 38.0 Å². The number of hydrogen-bond donors (Lipinski definition) is 0. The van der Waals surface area contributed by atoms with Crippen LogP contribution in [0.4, 0.5) is 5.82 Å². The number of rotatable bonds is 2. The van der Waals surface area contributed by atoms with Crippen LogP contribution in [0.15, 0.2) is 12.3 Å². The molecule has 18 heavy (non-hydrogen) atoms. The van der Waals surface area contributed by atoms with Crippen LogP contribution < -0.4 is 4.90 Å². The Bertz CT molecular complexity index is 398. The van der Waals surface area contributed by atoms with E-state index in [1.54, 1.807) is 6.20 Å². The van der Waals surface area contributed by atoms with Gasteiger partial charge in [0.2, 0.25) is 5.28 Å². The van der Waals surface area contributed by atoms with Crippen molar-refractivity contribution in [1.82, 2.24) is 14.9 Å². The van der Waals surface area contributed by atoms with Gasteiger partial charge in [0.05, 0.1) is 0 Å². The van der Waals surface area contributed by atoms with Gasteiger partial charge in [-0.25, -0.2) is 9.97 Å². The minimum atomic E-state index is 0.339. The first kappa shape index (κ1) is 12.2. The summed E-state index contributed by atoms with van der Waals surface area (Å²) in [6.07, 6.45) is 7.32. The number of hydrogen-bond acceptors (Lipinski definition) is 4. The molecule has 0 spiro atoms. The third-order valence-electron chi connectivity index (χ3n) is 4.09. The maximum absolute atomic E-state index is 5.84. The molecule has 2 fully saturated rings. The summed E-state index contributed by atoms with van der Waals surface area (Å²) in [4.78, 5) is 13.2. The van der Waals surface area contributed by atoms with Crippen LogP contribution >= 0.6 is 11.6 Å². The van der Waals surface area contributed by atoms with Gasteiger partial charge in [-0.1, -0.05) is 12.8 Å². The fourth-order valence-electron chi connectivity index (χ4n) is 3.09. The first-order valence-electron chi connectivity index (χ1n) is 6.80. The van der Waals surface area contributed by atoms with Crippen LogP contribution in [-0.4, -0.2) is 47.1 Å². The molecule has 5 heteroatoms. The molecule has 1 aliphatic carbocycles. The maximum atomic E-state index is 5.84. The van der Waals surface area contributed by atoms with Crippen LogP contribution in [0.5, 0.6) is 0 Å². The molecule has 0 amide bonds. The monoisotopic (exact) mass is 266 g/mol. The van der Waals surface area contributed by atoms with E-state index in [0.29, 0.717) is 5.28 Å². The molecule has 0 aromatic carbocycles. The number of halogens is 1. The molecular formula is C13H19ClN4. The Morgan fingerprint density at radius 3 is 2.50 bits per heavy atom. The number of anilines is 1. The van der Waals surface area contributed by atoms with Crippen LogP contribution in [0.25, 0.3) is 0 Å². The van der Waals surface area contributed by atoms with Gasteiger partial charge in [-0.15, -0.1) is 0 Å². The summed E-state index contributed by atoms with van der Waals surface area (Å²) in [5.74, 6) is 0.959. The quantitative estimate of drug-likeness (QED) is 0.769. The Morgan fingerprint density at radius 2 is 1.83 bits per heavy atom. The second-order valence-electron chi connectivity index (χ2n) is 5.15. The predicted molar refractivity (Wildman–Crippen MR) is 73.1 cm³/mol. The van der Waals surface area contributed by atoms with Gasteiger partial charge in [0, 0.05) is 38.4 Å². The van der Waals surface area contributed by atoms with Gasteiger partial charge >= 0.3 is 0 Å². The van der Waals surface area contributed by atoms with Crippen molar-refractivity contribution in [2.45, 2.75) is 31.7 Å². The smallest absolute Gasteiger partial charge is 0.224 e. The van der Waals surface area contributed by atoms with Gasteiger partial charge in [0.25, 0.3) is 0 Å². The zero-order valence-corrected chi connectivity index (χ0v) is 11.3. The van der Waals surface area contributed by atoms with Gasteiger partial charge in [-0.05, 0) is 30.5 Å². The fraction of sp³-hybridized carbons (Fsp3) is 0.692. The lowest BCUT2D eigenvalue weighted by Gasteiger charge is -2.38. The first-order valence-corrected chi connectivity index (χ1v) is 7.18. The van der Waals surface area contributed by atoms with Crippen molar-refractivity contribution in [3.05, 3.63) is 17.5 Å². The molecule has 98 valence electrons. The highest BCUT2D eigenvalue weighted by molar-refractivity contribution is 6.28. The minimum Gasteiger partial charge on any atom is -0.354 e. The van der Waals surface area contributed by atoms with Crippen LogP contribution in [-0.2, 0) is 0 Å². The van der Waals surface area contributed by atoms with Crippen molar-refractivity contribution in [1.29, 1.82) is 0 Å². The van der Waals surface area contributed by atoms with Gasteiger partial charge in [-0.2, -0.15) is 0 Å². The summed E-state index contributed by atoms with van der Waals surface area (Å²) in [5, 5.41) is 0.339. The third-order valence-corrected chi connectivity index (χ3v) is 4.27. The second-order valence-corrected chi connectivity index (χ2v) is 5.48. The van der Waals surface area contributed by atoms with E-state index in [1.165, 1.54) is 25.7 Å². The van der Waals surface area contributed by atoms with Crippen molar-refractivity contribution < 1.29 is 0 Å². The van der Waals surface area contributed by atoms with Gasteiger partial charge in [-0.3, -0.25) is 4.90 Å². The molecule has 1 aromatic rings. The molecule has 1 saturated carbocycles. The standard InChI is InChI=1S/C13H19ClN4/c14-13-15-6-5-12(16-13)18-9-7-17(8-10-18)11-3-1-2-4-11/h5-6,11H,1-4,7-10H2. The van der Waals surface area contributed by atoms with Crippen molar-refractivity contribution >= 4 is 17.4 Å². The highest BCUT2D eigenvalue weighted by Gasteiger charge is 2.26. The van der Waals surface area contributed by atoms with Crippen molar-refractivity contribution in [2.75, 3.05) is 31.1 Å². The molecule has 2 heterocycles. The fourth-order valence-corrected chi connectivity index (χ4v) is 3.23. The van der Waals surface area contributed by atoms with Crippen LogP contribution in [0.1, 0.15) is 25.7 Å². The van der Waals surface area contributed by atoms with Crippen molar-refractivity contribution in [2.24, 2.45) is 0 Å². The average Bonchev–Trinajstić information content (AvgIpc) is 2.93. The van der Waals surface area contributed by atoms with Gasteiger partial charge in [0.15, 0.2) is 0 Å². The van der Waals surface area contributed by atoms with E-state index in [-0.39, 0.29) is 0 Å². The predicted octanol–water partition coefficient (Wildman–Crippen LogP) is 2.19. The molecule has 0 bridgehead atoms. The summed E-state index contributed by atoms with van der Waals surface area (Å²) in [5.41, 5.74) is 0. The Balaban J connectivity index is 1.59. The van der Waals surface area contributed by atoms with E-state index in [9.17, 15) is 0 Å². The molecule has 2 aliphatic rings. The summed E-state index contributed by atoms with van der Waals surface area (Å²) >= 11 is 5.84. The Hall–Kier alpha value is -0.870. The maximum Gasteiger partial charge on any atom is 0.224 e. The van der Waals surface area contributed by atoms with E-state index in [1.807, 2.05) is 6.07 Å². The van der Waals surface area contributed by atoms with Crippen LogP contribution in [0, 0.1) is 0 Å². The lowest BCUT2D eigenvalue weighted by molar-refractivity contribution is 0.187. The zero-order valence-electron chi connectivity index (χ0n) is 10.6. The topological polar surface area (TPSA) is 32.3 Å². The lowest BCUT2D eigenvalue weighted by Crippen LogP contribution is -2.50. The molecule has 0 atom stereocenters. The summed E-state index contributed by atoms with van der Waals surface area (Å²) in [7, 11) is 0. The van der Waals surface area contributed by atoms with E-state index in [2.05, 4.69) is 19.8 Å². The first-order chi connectivity index (χ1) is 8.83. The van der Waals surface area contributed by atoms with Crippen LogP contribution in [0.2, 0.25) is 5.28 Å². The molecule has 1 aromatic heterocycles. The SMILES string of the molecule is Clc1nccc(N2CCN(C3CCCC3)CC2)n1. The molecule has 1 aliphatic heterocycles. The normalized spacial score (nSPS) is 22.6. The van der Waals surface area contributed by atoms with Gasteiger partial charge in [0.1, 0.15) is 5.82 Å². The molecule has 0 radical (unpaired) electrons. The zero-order chi connectivity index (χ0) is 12.4. The lowest BCUT2D eigenvalue weighted by atomic mass is 10.2. The largest absolute Gasteiger partial charge is 0.354 e. The third kappa shape index (κ3) is 2.59. The van der Waals surface area contributed by atoms with E-state index < -0.39 is 0 Å². The summed E-state index contributed by atoms with van der Waals surface area (Å²) in [6.45, 7) is 4.38. The minimum absolute atomic E-state index is 0.339. The molecule has 3 rings (SSSR count). The number of aromatic nitrogens is 2. The van der Waals surface area contributed by atoms with E-state index in [4.69, 9.17) is 11.6 Å². The number of nitrogens with zero attached hydrogens (tertiary/aromatic N) is 4. The molecule has 0 N–H and O–H groups in total. The Kier molecular flexibility index (Phi) is 3.66. The second kappa shape index (κ2) is 5.41. The van der Waals surface area contributed by atoms with E-state index >= 15 is 0 Å². The van der Waals surface area contributed by atoms with Gasteiger partial charge < -0.3 is 4.90 Å². The summed E-state index contributed by atoms with van der Waals surface area (Å²) < 4.78 is 0. The van der Waals surface area contributed by atoms with Crippen molar-refractivity contribution in [3.63, 3.8) is 0 Å². The Morgan fingerprint density at radius 1 is 1.11 bits per heavy atom. The highest BCUT2D eigenvalue weighted by Crippen LogP contribution is 2.25. The molecule has 1 saturated heterocycles. The number of piperazine rings is 1. The average molecular weight is 267 g/mol. The Labute approximate surface area is 113 Å². The summed E-state index contributed by atoms with van der Waals surface area (Å²) in [6, 6.07) is 2.78. The molecule has 0 unspecified atom stereocenters. The van der Waals surface area contributed by atoms with Crippen LogP contribution in [0.3, 0.4) is 0 Å². The molecule has 4 nitrogen and oxygen atoms in total. The highest BCUT2D eigenvalue weighted by atomic mass is 35.5. The molecular weight excluding hydrogens is 248 g/mol.